The van der Waals surface area contributed by atoms with Gasteiger partial charge < -0.3 is 15.0 Å². The number of fused-ring (bicyclic) bond motifs is 1. The number of ether oxygens (including phenoxy) is 1. The van der Waals surface area contributed by atoms with Crippen LogP contribution in [0.4, 0.5) is 11.4 Å². The molecule has 31 heavy (non-hydrogen) atoms. The summed E-state index contributed by atoms with van der Waals surface area (Å²) in [6, 6.07) is 23.9. The van der Waals surface area contributed by atoms with Crippen LogP contribution in [0, 0.1) is 0 Å². The van der Waals surface area contributed by atoms with E-state index in [1.807, 2.05) is 47.4 Å². The second-order valence-corrected chi connectivity index (χ2v) is 7.88. The van der Waals surface area contributed by atoms with Gasteiger partial charge >= 0.3 is 5.97 Å². The summed E-state index contributed by atoms with van der Waals surface area (Å²) in [6.45, 7) is 3.70. The topological polar surface area (TPSA) is 58.6 Å². The van der Waals surface area contributed by atoms with Crippen molar-refractivity contribution in [2.75, 3.05) is 17.3 Å². The predicted octanol–water partition coefficient (Wildman–Crippen LogP) is 5.44. The maximum atomic E-state index is 12.4. The smallest absolute Gasteiger partial charge is 0.337 e. The Balaban J connectivity index is 1.74. The van der Waals surface area contributed by atoms with Crippen LogP contribution in [0.3, 0.4) is 0 Å². The number of benzene rings is 3. The molecule has 1 N–H and O–H groups in total. The minimum atomic E-state index is -0.352. The highest BCUT2D eigenvalue weighted by atomic mass is 16.5. The zero-order chi connectivity index (χ0) is 22.0. The van der Waals surface area contributed by atoms with E-state index in [1.54, 1.807) is 19.1 Å². The third-order valence-corrected chi connectivity index (χ3v) is 5.77. The molecule has 0 radical (unpaired) electrons. The number of anilines is 2. The van der Waals surface area contributed by atoms with E-state index in [9.17, 15) is 9.59 Å². The molecule has 3 aromatic carbocycles. The second kappa shape index (κ2) is 8.64. The quantitative estimate of drug-likeness (QED) is 0.578. The third kappa shape index (κ3) is 4.17. The standard InChI is InChI=1S/C26H26N2O3/c1-17-15-24(27-22-7-5-4-6-8-22)23-16-21(13-14-25(23)28(17)18(2)29)19-9-11-20(12-10-19)26(30)31-3/h4-14,16-17,24,27H,15H2,1-3H3/t17-,24+/m0/s1. The molecule has 158 valence electrons. The van der Waals surface area contributed by atoms with Gasteiger partial charge in [-0.25, -0.2) is 4.79 Å². The molecule has 0 fully saturated rings. The van der Waals surface area contributed by atoms with Crippen molar-refractivity contribution in [2.24, 2.45) is 0 Å². The Morgan fingerprint density at radius 1 is 0.968 bits per heavy atom. The Kier molecular flexibility index (Phi) is 5.76. The molecule has 3 aromatic rings. The van der Waals surface area contributed by atoms with Crippen LogP contribution in [0.5, 0.6) is 0 Å². The highest BCUT2D eigenvalue weighted by Gasteiger charge is 2.32. The fourth-order valence-corrected chi connectivity index (χ4v) is 4.31. The largest absolute Gasteiger partial charge is 0.465 e. The Hall–Kier alpha value is -3.60. The number of nitrogens with one attached hydrogen (secondary N) is 1. The fourth-order valence-electron chi connectivity index (χ4n) is 4.31. The number of hydrogen-bond acceptors (Lipinski definition) is 4. The molecule has 0 saturated carbocycles. The third-order valence-electron chi connectivity index (χ3n) is 5.77. The van der Waals surface area contributed by atoms with E-state index in [1.165, 1.54) is 7.11 Å². The molecule has 0 spiro atoms. The van der Waals surface area contributed by atoms with Crippen LogP contribution in [-0.2, 0) is 9.53 Å². The van der Waals surface area contributed by atoms with Crippen molar-refractivity contribution in [2.45, 2.75) is 32.4 Å². The second-order valence-electron chi connectivity index (χ2n) is 7.88. The van der Waals surface area contributed by atoms with E-state index < -0.39 is 0 Å². The van der Waals surface area contributed by atoms with Crippen molar-refractivity contribution in [1.82, 2.24) is 0 Å². The van der Waals surface area contributed by atoms with E-state index in [4.69, 9.17) is 4.74 Å². The van der Waals surface area contributed by atoms with Gasteiger partial charge in [-0.3, -0.25) is 4.79 Å². The van der Waals surface area contributed by atoms with Crippen LogP contribution in [0.15, 0.2) is 72.8 Å². The first-order valence-electron chi connectivity index (χ1n) is 10.4. The lowest BCUT2D eigenvalue weighted by Crippen LogP contribution is -2.43. The SMILES string of the molecule is COC(=O)c1ccc(-c2ccc3c(c2)[C@H](Nc2ccccc2)C[C@H](C)N3C(C)=O)cc1. The lowest BCUT2D eigenvalue weighted by molar-refractivity contribution is -0.117. The number of rotatable bonds is 4. The summed E-state index contributed by atoms with van der Waals surface area (Å²) < 4.78 is 4.79. The van der Waals surface area contributed by atoms with Crippen LogP contribution in [-0.4, -0.2) is 25.0 Å². The molecular formula is C26H26N2O3. The molecule has 0 saturated heterocycles. The minimum Gasteiger partial charge on any atom is -0.465 e. The van der Waals surface area contributed by atoms with E-state index in [-0.39, 0.29) is 24.0 Å². The fraction of sp³-hybridized carbons (Fsp3) is 0.231. The lowest BCUT2D eigenvalue weighted by atomic mass is 9.88. The van der Waals surface area contributed by atoms with Gasteiger partial charge in [-0.15, -0.1) is 0 Å². The van der Waals surface area contributed by atoms with Crippen molar-refractivity contribution in [1.29, 1.82) is 0 Å². The van der Waals surface area contributed by atoms with Gasteiger partial charge in [0.05, 0.1) is 18.7 Å². The Labute approximate surface area is 182 Å². The van der Waals surface area contributed by atoms with E-state index in [0.717, 1.165) is 34.5 Å². The minimum absolute atomic E-state index is 0.0436. The van der Waals surface area contributed by atoms with Crippen molar-refractivity contribution < 1.29 is 14.3 Å². The Bertz CT molecular complexity index is 1090. The maximum Gasteiger partial charge on any atom is 0.337 e. The zero-order valence-corrected chi connectivity index (χ0v) is 18.0. The van der Waals surface area contributed by atoms with Crippen molar-refractivity contribution in [3.8, 4) is 11.1 Å². The van der Waals surface area contributed by atoms with Gasteiger partial charge in [-0.1, -0.05) is 36.4 Å². The first kappa shape index (κ1) is 20.7. The van der Waals surface area contributed by atoms with E-state index >= 15 is 0 Å². The number of methoxy groups -OCH3 is 1. The average Bonchev–Trinajstić information content (AvgIpc) is 2.79. The van der Waals surface area contributed by atoms with E-state index in [2.05, 4.69) is 30.4 Å². The normalized spacial score (nSPS) is 17.6. The molecule has 0 bridgehead atoms. The molecule has 1 aliphatic heterocycles. The number of nitrogens with zero attached hydrogens (tertiary/aromatic N) is 1. The van der Waals surface area contributed by atoms with Gasteiger partial charge in [0.2, 0.25) is 5.91 Å². The van der Waals surface area contributed by atoms with Crippen LogP contribution >= 0.6 is 0 Å². The summed E-state index contributed by atoms with van der Waals surface area (Å²) in [5.41, 5.74) is 5.63. The van der Waals surface area contributed by atoms with Crippen molar-refractivity contribution in [3.63, 3.8) is 0 Å². The molecule has 0 unspecified atom stereocenters. The van der Waals surface area contributed by atoms with Crippen molar-refractivity contribution in [3.05, 3.63) is 83.9 Å². The molecule has 1 heterocycles. The van der Waals surface area contributed by atoms with Gasteiger partial charge in [-0.2, -0.15) is 0 Å². The predicted molar refractivity (Wildman–Crippen MR) is 123 cm³/mol. The van der Waals surface area contributed by atoms with E-state index in [0.29, 0.717) is 5.56 Å². The number of carbonyl (C=O) groups excluding carboxylic acids is 2. The van der Waals surface area contributed by atoms with Crippen molar-refractivity contribution >= 4 is 23.3 Å². The van der Waals surface area contributed by atoms with Gasteiger partial charge in [-0.05, 0) is 66.4 Å². The molecule has 0 aromatic heterocycles. The molecular weight excluding hydrogens is 388 g/mol. The molecule has 5 nitrogen and oxygen atoms in total. The highest BCUT2D eigenvalue weighted by molar-refractivity contribution is 5.94. The molecule has 5 heteroatoms. The molecule has 1 amide bonds. The molecule has 2 atom stereocenters. The Morgan fingerprint density at radius 3 is 2.29 bits per heavy atom. The highest BCUT2D eigenvalue weighted by Crippen LogP contribution is 2.41. The van der Waals surface area contributed by atoms with Crippen LogP contribution < -0.4 is 10.2 Å². The maximum absolute atomic E-state index is 12.4. The van der Waals surface area contributed by atoms with Gasteiger partial charge in [0.1, 0.15) is 0 Å². The number of amides is 1. The summed E-state index contributed by atoms with van der Waals surface area (Å²) in [5.74, 6) is -0.308. The Morgan fingerprint density at radius 2 is 1.65 bits per heavy atom. The number of carbonyl (C=O) groups is 2. The number of hydrogen-bond donors (Lipinski definition) is 1. The molecule has 0 aliphatic carbocycles. The molecule has 1 aliphatic rings. The summed E-state index contributed by atoms with van der Waals surface area (Å²) in [4.78, 5) is 26.0. The summed E-state index contributed by atoms with van der Waals surface area (Å²) >= 11 is 0. The van der Waals surface area contributed by atoms with Crippen LogP contribution in [0.1, 0.15) is 42.2 Å². The number of para-hydroxylation sites is 1. The van der Waals surface area contributed by atoms with Gasteiger partial charge in [0.15, 0.2) is 0 Å². The zero-order valence-electron chi connectivity index (χ0n) is 18.0. The van der Waals surface area contributed by atoms with Crippen LogP contribution in [0.2, 0.25) is 0 Å². The number of esters is 1. The molecule has 4 rings (SSSR count). The first-order valence-corrected chi connectivity index (χ1v) is 10.4. The van der Waals surface area contributed by atoms with Gasteiger partial charge in [0, 0.05) is 24.3 Å². The van der Waals surface area contributed by atoms with Gasteiger partial charge in [0.25, 0.3) is 0 Å². The summed E-state index contributed by atoms with van der Waals surface area (Å²) in [5, 5.41) is 3.64. The monoisotopic (exact) mass is 414 g/mol. The summed E-state index contributed by atoms with van der Waals surface area (Å²) in [7, 11) is 1.38. The average molecular weight is 415 g/mol. The van der Waals surface area contributed by atoms with Crippen LogP contribution in [0.25, 0.3) is 11.1 Å². The first-order chi connectivity index (χ1) is 15.0. The summed E-state index contributed by atoms with van der Waals surface area (Å²) in [6.07, 6.45) is 0.812. The lowest BCUT2D eigenvalue weighted by Gasteiger charge is -2.39.